The van der Waals surface area contributed by atoms with Crippen molar-refractivity contribution >= 4 is 38.2 Å². The number of unbranched alkanes of at least 4 members (excludes halogenated alkanes) is 1. The predicted octanol–water partition coefficient (Wildman–Crippen LogP) is 5.41. The molecule has 0 aliphatic carbocycles. The van der Waals surface area contributed by atoms with Gasteiger partial charge in [-0.3, -0.25) is 4.79 Å². The predicted molar refractivity (Wildman–Crippen MR) is 123 cm³/mol. The smallest absolute Gasteiger partial charge is 0.279 e. The molecule has 1 heterocycles. The molecule has 0 unspecified atom stereocenters. The largest absolute Gasteiger partial charge is 0.494 e. The Morgan fingerprint density at radius 1 is 1.17 bits per heavy atom. The molecule has 30 heavy (non-hydrogen) atoms. The normalized spacial score (nSPS) is 11.7. The van der Waals surface area contributed by atoms with Crippen LogP contribution in [0.25, 0.3) is 21.0 Å². The number of hydrogen-bond acceptors (Lipinski definition) is 3. The molecular formula is C25H22N2O2S. The maximum atomic E-state index is 12.9. The van der Waals surface area contributed by atoms with Crippen LogP contribution in [-0.2, 0) is 6.54 Å². The molecule has 5 heteroatoms. The summed E-state index contributed by atoms with van der Waals surface area (Å²) in [6.45, 7) is 3.10. The van der Waals surface area contributed by atoms with E-state index in [0.29, 0.717) is 29.3 Å². The Labute approximate surface area is 179 Å². The minimum Gasteiger partial charge on any atom is -0.494 e. The molecule has 4 aromatic rings. The number of ether oxygens (including phenoxy) is 1. The van der Waals surface area contributed by atoms with Gasteiger partial charge in [-0.15, -0.1) is 6.42 Å². The second-order valence-electron chi connectivity index (χ2n) is 6.96. The van der Waals surface area contributed by atoms with Crippen LogP contribution in [0, 0.1) is 12.3 Å². The van der Waals surface area contributed by atoms with E-state index in [4.69, 9.17) is 11.2 Å². The Balaban J connectivity index is 1.77. The number of benzene rings is 3. The van der Waals surface area contributed by atoms with E-state index < -0.39 is 0 Å². The maximum absolute atomic E-state index is 12.9. The lowest BCUT2D eigenvalue weighted by molar-refractivity contribution is 0.0997. The zero-order valence-electron chi connectivity index (χ0n) is 16.8. The van der Waals surface area contributed by atoms with Gasteiger partial charge in [0.05, 0.1) is 23.4 Å². The van der Waals surface area contributed by atoms with Gasteiger partial charge in [0.15, 0.2) is 4.80 Å². The lowest BCUT2D eigenvalue weighted by Gasteiger charge is -2.06. The lowest BCUT2D eigenvalue weighted by atomic mass is 10.1. The Kier molecular flexibility index (Phi) is 5.97. The Hall–Kier alpha value is -3.36. The Bertz CT molecular complexity index is 1320. The van der Waals surface area contributed by atoms with Crippen molar-refractivity contribution in [2.45, 2.75) is 26.3 Å². The molecule has 0 atom stereocenters. The van der Waals surface area contributed by atoms with Crippen LogP contribution in [0.5, 0.6) is 5.75 Å². The van der Waals surface area contributed by atoms with Crippen LogP contribution in [0.15, 0.2) is 65.7 Å². The van der Waals surface area contributed by atoms with Crippen LogP contribution >= 0.6 is 11.3 Å². The molecule has 0 spiro atoms. The first-order valence-corrected chi connectivity index (χ1v) is 10.8. The van der Waals surface area contributed by atoms with Crippen LogP contribution in [0.3, 0.4) is 0 Å². The maximum Gasteiger partial charge on any atom is 0.279 e. The minimum atomic E-state index is -0.308. The first-order valence-electron chi connectivity index (χ1n) is 9.97. The molecule has 0 fully saturated rings. The number of hydrogen-bond donors (Lipinski definition) is 0. The summed E-state index contributed by atoms with van der Waals surface area (Å²) in [7, 11) is 0. The zero-order chi connectivity index (χ0) is 20.9. The van der Waals surface area contributed by atoms with Gasteiger partial charge >= 0.3 is 0 Å². The van der Waals surface area contributed by atoms with Crippen LogP contribution < -0.4 is 9.54 Å². The number of terminal acetylenes is 1. The molecule has 0 radical (unpaired) electrons. The number of amides is 1. The van der Waals surface area contributed by atoms with E-state index in [0.717, 1.165) is 33.8 Å². The molecule has 1 aromatic heterocycles. The second-order valence-corrected chi connectivity index (χ2v) is 7.93. The highest BCUT2D eigenvalue weighted by atomic mass is 32.1. The molecule has 0 aliphatic rings. The summed E-state index contributed by atoms with van der Waals surface area (Å²) >= 11 is 1.49. The third-order valence-corrected chi connectivity index (χ3v) is 6.00. The topological polar surface area (TPSA) is 43.6 Å². The fourth-order valence-corrected chi connectivity index (χ4v) is 4.50. The Morgan fingerprint density at radius 2 is 2.03 bits per heavy atom. The number of carbonyl (C=O) groups excluding carboxylic acids is 1. The van der Waals surface area contributed by atoms with Crippen LogP contribution in [0.4, 0.5) is 0 Å². The van der Waals surface area contributed by atoms with Gasteiger partial charge in [-0.05, 0) is 36.1 Å². The van der Waals surface area contributed by atoms with Gasteiger partial charge in [0, 0.05) is 10.9 Å². The number of fused-ring (bicyclic) bond motifs is 3. The van der Waals surface area contributed by atoms with Crippen LogP contribution in [0.2, 0.25) is 0 Å². The van der Waals surface area contributed by atoms with Crippen molar-refractivity contribution in [2.24, 2.45) is 4.99 Å². The highest BCUT2D eigenvalue weighted by molar-refractivity contribution is 7.17. The van der Waals surface area contributed by atoms with E-state index in [-0.39, 0.29) is 5.91 Å². The van der Waals surface area contributed by atoms with E-state index in [1.807, 2.05) is 34.9 Å². The number of thiazole rings is 1. The first kappa shape index (κ1) is 19.9. The van der Waals surface area contributed by atoms with Gasteiger partial charge in [0.1, 0.15) is 5.75 Å². The first-order chi connectivity index (χ1) is 14.7. The average molecular weight is 415 g/mol. The summed E-state index contributed by atoms with van der Waals surface area (Å²) in [4.78, 5) is 17.9. The van der Waals surface area contributed by atoms with Crippen molar-refractivity contribution in [3.05, 3.63) is 71.0 Å². The summed E-state index contributed by atoms with van der Waals surface area (Å²) in [5.74, 6) is 3.06. The van der Waals surface area contributed by atoms with E-state index in [2.05, 4.69) is 36.0 Å². The van der Waals surface area contributed by atoms with Crippen molar-refractivity contribution in [1.82, 2.24) is 4.57 Å². The number of carbonyl (C=O) groups is 1. The van der Waals surface area contributed by atoms with Gasteiger partial charge in [-0.25, -0.2) is 0 Å². The molecule has 150 valence electrons. The van der Waals surface area contributed by atoms with Crippen molar-refractivity contribution < 1.29 is 9.53 Å². The standard InChI is InChI=1S/C25H22N2O2S/c1-3-5-16-29-20-11-8-10-19(17-20)24(28)26-25-27(15-4-2)22-14-13-18-9-6-7-12-21(18)23(22)30-25/h2,6-14,17H,3,5,15-16H2,1H3. The van der Waals surface area contributed by atoms with Crippen molar-refractivity contribution in [3.8, 4) is 18.1 Å². The average Bonchev–Trinajstić information content (AvgIpc) is 3.12. The van der Waals surface area contributed by atoms with E-state index in [1.54, 1.807) is 12.1 Å². The van der Waals surface area contributed by atoms with E-state index in [1.165, 1.54) is 11.3 Å². The minimum absolute atomic E-state index is 0.308. The van der Waals surface area contributed by atoms with E-state index in [9.17, 15) is 4.79 Å². The van der Waals surface area contributed by atoms with Gasteiger partial charge in [0.25, 0.3) is 5.91 Å². The van der Waals surface area contributed by atoms with E-state index >= 15 is 0 Å². The van der Waals surface area contributed by atoms with Gasteiger partial charge in [0.2, 0.25) is 0 Å². The van der Waals surface area contributed by atoms with Crippen LogP contribution in [-0.4, -0.2) is 17.1 Å². The van der Waals surface area contributed by atoms with Crippen molar-refractivity contribution in [2.75, 3.05) is 6.61 Å². The molecule has 4 rings (SSSR count). The molecular weight excluding hydrogens is 392 g/mol. The highest BCUT2D eigenvalue weighted by Crippen LogP contribution is 2.27. The van der Waals surface area contributed by atoms with Gasteiger partial charge in [-0.2, -0.15) is 4.99 Å². The molecule has 0 saturated carbocycles. The third kappa shape index (κ3) is 4.00. The SMILES string of the molecule is C#CCn1c(=NC(=O)c2cccc(OCCCC)c2)sc2c3ccccc3ccc21. The molecule has 1 amide bonds. The van der Waals surface area contributed by atoms with Crippen LogP contribution in [0.1, 0.15) is 30.1 Å². The van der Waals surface area contributed by atoms with Crippen molar-refractivity contribution in [3.63, 3.8) is 0 Å². The van der Waals surface area contributed by atoms with Gasteiger partial charge in [-0.1, -0.05) is 67.0 Å². The number of aromatic nitrogens is 1. The fourth-order valence-electron chi connectivity index (χ4n) is 3.33. The Morgan fingerprint density at radius 3 is 2.87 bits per heavy atom. The molecule has 0 N–H and O–H groups in total. The number of nitrogens with zero attached hydrogens (tertiary/aromatic N) is 2. The molecule has 0 bridgehead atoms. The summed E-state index contributed by atoms with van der Waals surface area (Å²) in [6.07, 6.45) is 7.64. The molecule has 3 aromatic carbocycles. The highest BCUT2D eigenvalue weighted by Gasteiger charge is 2.11. The second kappa shape index (κ2) is 8.98. The summed E-state index contributed by atoms with van der Waals surface area (Å²) in [5, 5.41) is 2.28. The molecule has 4 nitrogen and oxygen atoms in total. The molecule has 0 saturated heterocycles. The fraction of sp³-hybridized carbons (Fsp3) is 0.200. The quantitative estimate of drug-likeness (QED) is 0.313. The third-order valence-electron chi connectivity index (χ3n) is 4.87. The summed E-state index contributed by atoms with van der Waals surface area (Å²) < 4.78 is 8.72. The lowest BCUT2D eigenvalue weighted by Crippen LogP contribution is -2.16. The van der Waals surface area contributed by atoms with Gasteiger partial charge < -0.3 is 9.30 Å². The summed E-state index contributed by atoms with van der Waals surface area (Å²) in [6, 6.07) is 19.5. The number of rotatable bonds is 6. The monoisotopic (exact) mass is 414 g/mol. The zero-order valence-corrected chi connectivity index (χ0v) is 17.6. The summed E-state index contributed by atoms with van der Waals surface area (Å²) in [5.41, 5.74) is 1.48. The van der Waals surface area contributed by atoms with Crippen molar-refractivity contribution in [1.29, 1.82) is 0 Å². The molecule has 0 aliphatic heterocycles.